The second kappa shape index (κ2) is 2.99. The van der Waals surface area contributed by atoms with Gasteiger partial charge in [-0.15, -0.1) is 11.3 Å². The topological polar surface area (TPSA) is 72.5 Å². The average Bonchev–Trinajstić information content (AvgIpc) is 2.48. The first-order valence-electron chi connectivity index (χ1n) is 5.03. The van der Waals surface area contributed by atoms with Crippen molar-refractivity contribution in [1.29, 1.82) is 0 Å². The number of fused-ring (bicyclic) bond motifs is 1. The Labute approximate surface area is 98.0 Å². The smallest absolute Gasteiger partial charge is 0.339 e. The Balaban J connectivity index is 2.77. The molecule has 0 unspecified atom stereocenters. The number of nitrogen functional groups attached to an aromatic ring is 1. The van der Waals surface area contributed by atoms with E-state index in [0.29, 0.717) is 5.00 Å². The molecule has 88 valence electrons. The summed E-state index contributed by atoms with van der Waals surface area (Å²) in [5.74, 6) is -0.982. The third-order valence-corrected chi connectivity index (χ3v) is 4.13. The van der Waals surface area contributed by atoms with Crippen molar-refractivity contribution in [3.63, 3.8) is 0 Å². The summed E-state index contributed by atoms with van der Waals surface area (Å²) in [6, 6.07) is 0. The van der Waals surface area contributed by atoms with E-state index in [9.17, 15) is 9.90 Å². The molecular weight excluding hydrogens is 226 g/mol. The fourth-order valence-corrected chi connectivity index (χ4v) is 3.64. The minimum Gasteiger partial charge on any atom is -0.478 e. The average molecular weight is 241 g/mol. The number of ether oxygens (including phenoxy) is 1. The maximum atomic E-state index is 11.2. The standard InChI is InChI=1S/C11H15NO3S/c1-10(2)6-5(9(13)14)8(12)16-7(6)11(3,4)15-10/h12H2,1-4H3,(H,13,14). The molecule has 2 heterocycles. The largest absolute Gasteiger partial charge is 0.478 e. The molecule has 0 bridgehead atoms. The Hall–Kier alpha value is -1.07. The van der Waals surface area contributed by atoms with E-state index in [-0.39, 0.29) is 5.56 Å². The van der Waals surface area contributed by atoms with E-state index in [1.165, 1.54) is 11.3 Å². The van der Waals surface area contributed by atoms with Crippen LogP contribution in [0.3, 0.4) is 0 Å². The molecule has 0 spiro atoms. The maximum absolute atomic E-state index is 11.2. The number of anilines is 1. The quantitative estimate of drug-likeness (QED) is 0.792. The van der Waals surface area contributed by atoms with Crippen LogP contribution in [0, 0.1) is 0 Å². The van der Waals surface area contributed by atoms with Crippen LogP contribution in [0.15, 0.2) is 0 Å². The fourth-order valence-electron chi connectivity index (χ4n) is 2.39. The van der Waals surface area contributed by atoms with Gasteiger partial charge in [0, 0.05) is 10.4 Å². The molecule has 0 saturated heterocycles. The van der Waals surface area contributed by atoms with E-state index in [4.69, 9.17) is 10.5 Å². The zero-order chi connectivity index (χ0) is 12.3. The SMILES string of the molecule is CC1(C)OC(C)(C)c2c1sc(N)c2C(=O)O. The Kier molecular flexibility index (Phi) is 2.13. The molecule has 0 aliphatic carbocycles. The zero-order valence-corrected chi connectivity index (χ0v) is 10.6. The predicted octanol–water partition coefficient (Wildman–Crippen LogP) is 2.53. The van der Waals surface area contributed by atoms with Gasteiger partial charge in [-0.1, -0.05) is 0 Å². The van der Waals surface area contributed by atoms with E-state index in [2.05, 4.69) is 0 Å². The minimum absolute atomic E-state index is 0.204. The van der Waals surface area contributed by atoms with Gasteiger partial charge in [-0.05, 0) is 27.7 Å². The van der Waals surface area contributed by atoms with Crippen LogP contribution in [0.1, 0.15) is 48.5 Å². The van der Waals surface area contributed by atoms with Gasteiger partial charge in [-0.25, -0.2) is 4.79 Å². The summed E-state index contributed by atoms with van der Waals surface area (Å²) in [4.78, 5) is 12.1. The van der Waals surface area contributed by atoms with Crippen LogP contribution in [0.4, 0.5) is 5.00 Å². The number of rotatable bonds is 1. The molecule has 1 aromatic rings. The molecule has 0 amide bonds. The summed E-state index contributed by atoms with van der Waals surface area (Å²) in [6.45, 7) is 7.61. The van der Waals surface area contributed by atoms with Gasteiger partial charge < -0.3 is 15.6 Å². The van der Waals surface area contributed by atoms with Crippen LogP contribution in [-0.4, -0.2) is 11.1 Å². The molecule has 0 fully saturated rings. The first kappa shape index (κ1) is 11.4. The summed E-state index contributed by atoms with van der Waals surface area (Å²) in [5.41, 5.74) is 5.65. The molecule has 1 aliphatic heterocycles. The summed E-state index contributed by atoms with van der Waals surface area (Å²) >= 11 is 1.31. The van der Waals surface area contributed by atoms with E-state index < -0.39 is 17.2 Å². The number of carboxylic acid groups (broad SMARTS) is 1. The Morgan fingerprint density at radius 1 is 1.31 bits per heavy atom. The van der Waals surface area contributed by atoms with Gasteiger partial charge in [0.05, 0.1) is 16.8 Å². The van der Waals surface area contributed by atoms with Crippen molar-refractivity contribution in [2.75, 3.05) is 5.73 Å². The van der Waals surface area contributed by atoms with E-state index in [1.54, 1.807) is 0 Å². The molecular formula is C11H15NO3S. The first-order valence-corrected chi connectivity index (χ1v) is 5.85. The Morgan fingerprint density at radius 2 is 1.88 bits per heavy atom. The lowest BCUT2D eigenvalue weighted by molar-refractivity contribution is -0.104. The monoisotopic (exact) mass is 241 g/mol. The highest BCUT2D eigenvalue weighted by molar-refractivity contribution is 7.16. The van der Waals surface area contributed by atoms with Gasteiger partial charge in [0.25, 0.3) is 0 Å². The highest BCUT2D eigenvalue weighted by atomic mass is 32.1. The highest BCUT2D eigenvalue weighted by Crippen LogP contribution is 2.53. The van der Waals surface area contributed by atoms with Gasteiger partial charge in [-0.3, -0.25) is 0 Å². The van der Waals surface area contributed by atoms with Crippen LogP contribution >= 0.6 is 11.3 Å². The molecule has 1 aromatic heterocycles. The number of thiophene rings is 1. The molecule has 2 rings (SSSR count). The molecule has 16 heavy (non-hydrogen) atoms. The Bertz CT molecular complexity index is 474. The van der Waals surface area contributed by atoms with Crippen LogP contribution in [0.5, 0.6) is 0 Å². The molecule has 0 atom stereocenters. The van der Waals surface area contributed by atoms with Crippen LogP contribution < -0.4 is 5.73 Å². The predicted molar refractivity (Wildman–Crippen MR) is 62.8 cm³/mol. The van der Waals surface area contributed by atoms with Crippen molar-refractivity contribution in [2.24, 2.45) is 0 Å². The number of aromatic carboxylic acids is 1. The summed E-state index contributed by atoms with van der Waals surface area (Å²) in [7, 11) is 0. The zero-order valence-electron chi connectivity index (χ0n) is 9.75. The van der Waals surface area contributed by atoms with E-state index in [0.717, 1.165) is 10.4 Å². The van der Waals surface area contributed by atoms with Crippen molar-refractivity contribution in [3.05, 3.63) is 16.0 Å². The van der Waals surface area contributed by atoms with E-state index >= 15 is 0 Å². The Morgan fingerprint density at radius 3 is 2.38 bits per heavy atom. The van der Waals surface area contributed by atoms with Crippen molar-refractivity contribution in [3.8, 4) is 0 Å². The number of hydrogen-bond donors (Lipinski definition) is 2. The van der Waals surface area contributed by atoms with Gasteiger partial charge in [0.15, 0.2) is 0 Å². The molecule has 5 heteroatoms. The van der Waals surface area contributed by atoms with Crippen molar-refractivity contribution < 1.29 is 14.6 Å². The normalized spacial score (nSPS) is 20.8. The lowest BCUT2D eigenvalue weighted by Crippen LogP contribution is -2.24. The van der Waals surface area contributed by atoms with Crippen LogP contribution in [0.2, 0.25) is 0 Å². The number of carbonyl (C=O) groups is 1. The lowest BCUT2D eigenvalue weighted by Gasteiger charge is -2.25. The van der Waals surface area contributed by atoms with Gasteiger partial charge in [0.2, 0.25) is 0 Å². The highest BCUT2D eigenvalue weighted by Gasteiger charge is 2.48. The summed E-state index contributed by atoms with van der Waals surface area (Å²) in [6.07, 6.45) is 0. The molecule has 4 nitrogen and oxygen atoms in total. The molecule has 0 aromatic carbocycles. The second-order valence-electron chi connectivity index (χ2n) is 4.97. The van der Waals surface area contributed by atoms with Crippen molar-refractivity contribution >= 4 is 22.3 Å². The maximum Gasteiger partial charge on any atom is 0.339 e. The minimum atomic E-state index is -0.982. The van der Waals surface area contributed by atoms with E-state index in [1.807, 2.05) is 27.7 Å². The summed E-state index contributed by atoms with van der Waals surface area (Å²) in [5, 5.41) is 9.56. The third-order valence-electron chi connectivity index (χ3n) is 2.81. The number of carboxylic acids is 1. The molecule has 3 N–H and O–H groups in total. The van der Waals surface area contributed by atoms with Crippen molar-refractivity contribution in [2.45, 2.75) is 38.9 Å². The molecule has 1 aliphatic rings. The van der Waals surface area contributed by atoms with Crippen molar-refractivity contribution in [1.82, 2.24) is 0 Å². The molecule has 0 radical (unpaired) electrons. The van der Waals surface area contributed by atoms with Gasteiger partial charge in [-0.2, -0.15) is 0 Å². The van der Waals surface area contributed by atoms with Crippen LogP contribution in [-0.2, 0) is 15.9 Å². The summed E-state index contributed by atoms with van der Waals surface area (Å²) < 4.78 is 5.88. The van der Waals surface area contributed by atoms with Gasteiger partial charge >= 0.3 is 5.97 Å². The fraction of sp³-hybridized carbons (Fsp3) is 0.545. The second-order valence-corrected chi connectivity index (χ2v) is 6.03. The van der Waals surface area contributed by atoms with Gasteiger partial charge in [0.1, 0.15) is 5.00 Å². The number of hydrogen-bond acceptors (Lipinski definition) is 4. The van der Waals surface area contributed by atoms with Crippen LogP contribution in [0.25, 0.3) is 0 Å². The lowest BCUT2D eigenvalue weighted by atomic mass is 9.94. The first-order chi connectivity index (χ1) is 7.17. The number of nitrogens with two attached hydrogens (primary N) is 1. The third kappa shape index (κ3) is 1.35. The molecule has 0 saturated carbocycles.